The van der Waals surface area contributed by atoms with Gasteiger partial charge in [-0.25, -0.2) is 4.79 Å². The molecule has 0 aromatic carbocycles. The van der Waals surface area contributed by atoms with Crippen molar-refractivity contribution in [2.24, 2.45) is 0 Å². The lowest BCUT2D eigenvalue weighted by atomic mass is 10.1. The number of fused-ring (bicyclic) bond motifs is 1. The van der Waals surface area contributed by atoms with Crippen LogP contribution >= 0.6 is 15.9 Å². The molecule has 0 unspecified atom stereocenters. The molecule has 0 radical (unpaired) electrons. The Hall–Kier alpha value is -1.30. The summed E-state index contributed by atoms with van der Waals surface area (Å²) in [6.07, 6.45) is 1.90. The number of carbonyl (C=O) groups is 1. The molecule has 0 bridgehead atoms. The Balaban J connectivity index is 2.20. The van der Waals surface area contributed by atoms with Crippen LogP contribution in [0.15, 0.2) is 15.5 Å². The van der Waals surface area contributed by atoms with E-state index in [1.807, 2.05) is 20.8 Å². The van der Waals surface area contributed by atoms with Crippen LogP contribution in [-0.4, -0.2) is 28.1 Å². The van der Waals surface area contributed by atoms with Crippen molar-refractivity contribution < 1.29 is 9.53 Å². The van der Waals surface area contributed by atoms with Gasteiger partial charge >= 0.3 is 6.09 Å². The first-order chi connectivity index (χ1) is 8.78. The van der Waals surface area contributed by atoms with Gasteiger partial charge < -0.3 is 14.6 Å². The molecule has 1 aliphatic heterocycles. The van der Waals surface area contributed by atoms with Gasteiger partial charge in [-0.15, -0.1) is 0 Å². The minimum absolute atomic E-state index is 0.0676. The van der Waals surface area contributed by atoms with Crippen LogP contribution in [0.5, 0.6) is 0 Å². The zero-order chi connectivity index (χ0) is 14.2. The molecule has 19 heavy (non-hydrogen) atoms. The molecule has 0 saturated carbocycles. The number of ether oxygens (including phenoxy) is 1. The minimum Gasteiger partial charge on any atom is -0.444 e. The van der Waals surface area contributed by atoms with Crippen LogP contribution in [-0.2, 0) is 17.7 Å². The van der Waals surface area contributed by atoms with E-state index in [1.165, 1.54) is 0 Å². The van der Waals surface area contributed by atoms with Gasteiger partial charge in [-0.2, -0.15) is 0 Å². The zero-order valence-electron chi connectivity index (χ0n) is 11.2. The maximum atomic E-state index is 12.0. The third kappa shape index (κ3) is 3.18. The lowest BCUT2D eigenvalue weighted by molar-refractivity contribution is 0.0222. The second-order valence-electron chi connectivity index (χ2n) is 5.57. The topological polar surface area (TPSA) is 62.4 Å². The van der Waals surface area contributed by atoms with Gasteiger partial charge in [0.15, 0.2) is 0 Å². The average molecular weight is 329 g/mol. The molecule has 5 nitrogen and oxygen atoms in total. The van der Waals surface area contributed by atoms with Crippen molar-refractivity contribution in [2.45, 2.75) is 39.3 Å². The van der Waals surface area contributed by atoms with Crippen molar-refractivity contribution in [3.05, 3.63) is 32.2 Å². The fourth-order valence-corrected chi connectivity index (χ4v) is 2.33. The van der Waals surface area contributed by atoms with E-state index in [4.69, 9.17) is 4.74 Å². The number of aromatic nitrogens is 1. The van der Waals surface area contributed by atoms with Crippen LogP contribution < -0.4 is 5.43 Å². The molecule has 1 N–H and O–H groups in total. The van der Waals surface area contributed by atoms with Crippen molar-refractivity contribution in [3.8, 4) is 0 Å². The Kier molecular flexibility index (Phi) is 3.71. The van der Waals surface area contributed by atoms with E-state index in [2.05, 4.69) is 20.9 Å². The predicted octanol–water partition coefficient (Wildman–Crippen LogP) is 2.43. The summed E-state index contributed by atoms with van der Waals surface area (Å²) < 4.78 is 5.81. The molecule has 0 spiro atoms. The molecule has 0 aliphatic carbocycles. The third-order valence-electron chi connectivity index (χ3n) is 2.86. The second-order valence-corrected chi connectivity index (χ2v) is 6.43. The normalized spacial score (nSPS) is 15.1. The van der Waals surface area contributed by atoms with Gasteiger partial charge in [0, 0.05) is 30.4 Å². The quantitative estimate of drug-likeness (QED) is 0.795. The van der Waals surface area contributed by atoms with Crippen molar-refractivity contribution >= 4 is 22.0 Å². The van der Waals surface area contributed by atoms with E-state index in [-0.39, 0.29) is 11.5 Å². The Labute approximate surface area is 120 Å². The lowest BCUT2D eigenvalue weighted by Crippen LogP contribution is -2.41. The SMILES string of the molecule is CC(C)(C)OC(=O)N1CCc2[nH]cc(Br)c(=O)c2C1. The predicted molar refractivity (Wildman–Crippen MR) is 75.1 cm³/mol. The fourth-order valence-electron chi connectivity index (χ4n) is 1.97. The van der Waals surface area contributed by atoms with Crippen LogP contribution in [0.2, 0.25) is 0 Å². The highest BCUT2D eigenvalue weighted by Gasteiger charge is 2.27. The molecule has 0 fully saturated rings. The van der Waals surface area contributed by atoms with Gasteiger partial charge in [0.05, 0.1) is 11.0 Å². The average Bonchev–Trinajstić information content (AvgIpc) is 2.31. The van der Waals surface area contributed by atoms with Crippen LogP contribution in [0, 0.1) is 0 Å². The van der Waals surface area contributed by atoms with Crippen LogP contribution in [0.1, 0.15) is 32.0 Å². The van der Waals surface area contributed by atoms with E-state index >= 15 is 0 Å². The number of rotatable bonds is 0. The standard InChI is InChI=1S/C13H17BrN2O3/c1-13(2,3)19-12(18)16-5-4-10-8(7-16)11(17)9(14)6-15-10/h6H,4-5,7H2,1-3H3,(H,15,17). The largest absolute Gasteiger partial charge is 0.444 e. The number of aromatic amines is 1. The summed E-state index contributed by atoms with van der Waals surface area (Å²) in [6.45, 7) is 6.32. The van der Waals surface area contributed by atoms with Crippen LogP contribution in [0.25, 0.3) is 0 Å². The second kappa shape index (κ2) is 5.00. The molecule has 1 aromatic heterocycles. The van der Waals surface area contributed by atoms with Crippen LogP contribution in [0.3, 0.4) is 0 Å². The van der Waals surface area contributed by atoms with Gasteiger partial charge in [0.1, 0.15) is 5.60 Å². The summed E-state index contributed by atoms with van der Waals surface area (Å²) in [6, 6.07) is 0. The van der Waals surface area contributed by atoms with Crippen molar-refractivity contribution in [1.29, 1.82) is 0 Å². The number of halogens is 1. The van der Waals surface area contributed by atoms with E-state index in [9.17, 15) is 9.59 Å². The molecular formula is C13H17BrN2O3. The summed E-state index contributed by atoms with van der Waals surface area (Å²) >= 11 is 3.20. The highest BCUT2D eigenvalue weighted by Crippen LogP contribution is 2.18. The molecule has 2 rings (SSSR count). The van der Waals surface area contributed by atoms with Gasteiger partial charge in [-0.3, -0.25) is 4.79 Å². The van der Waals surface area contributed by atoms with Crippen molar-refractivity contribution in [2.75, 3.05) is 6.54 Å². The Morgan fingerprint density at radius 2 is 2.16 bits per heavy atom. The fraction of sp³-hybridized carbons (Fsp3) is 0.538. The maximum absolute atomic E-state index is 12.0. The highest BCUT2D eigenvalue weighted by atomic mass is 79.9. The van der Waals surface area contributed by atoms with Gasteiger partial charge in [-0.05, 0) is 36.7 Å². The molecule has 0 saturated heterocycles. The van der Waals surface area contributed by atoms with E-state index < -0.39 is 5.60 Å². The Morgan fingerprint density at radius 3 is 2.79 bits per heavy atom. The Morgan fingerprint density at radius 1 is 1.47 bits per heavy atom. The number of amides is 1. The molecular weight excluding hydrogens is 312 g/mol. The van der Waals surface area contributed by atoms with Gasteiger partial charge in [-0.1, -0.05) is 0 Å². The summed E-state index contributed by atoms with van der Waals surface area (Å²) in [5.41, 5.74) is 0.933. The number of nitrogens with zero attached hydrogens (tertiary/aromatic N) is 1. The maximum Gasteiger partial charge on any atom is 0.410 e. The molecule has 1 aliphatic rings. The number of hydrogen-bond acceptors (Lipinski definition) is 3. The first-order valence-corrected chi connectivity index (χ1v) is 6.94. The molecule has 1 amide bonds. The van der Waals surface area contributed by atoms with E-state index in [1.54, 1.807) is 11.1 Å². The summed E-state index contributed by atoms with van der Waals surface area (Å²) in [7, 11) is 0. The number of nitrogens with one attached hydrogen (secondary N) is 1. The summed E-state index contributed by atoms with van der Waals surface area (Å²) in [5, 5.41) is 0. The third-order valence-corrected chi connectivity index (χ3v) is 3.45. The number of pyridine rings is 1. The number of carbonyl (C=O) groups excluding carboxylic acids is 1. The van der Waals surface area contributed by atoms with Gasteiger partial charge in [0.2, 0.25) is 5.43 Å². The lowest BCUT2D eigenvalue weighted by Gasteiger charge is -2.30. The first kappa shape index (κ1) is 14.1. The van der Waals surface area contributed by atoms with Crippen molar-refractivity contribution in [1.82, 2.24) is 9.88 Å². The smallest absolute Gasteiger partial charge is 0.410 e. The number of H-pyrrole nitrogens is 1. The van der Waals surface area contributed by atoms with Crippen LogP contribution in [0.4, 0.5) is 4.79 Å². The molecule has 2 heterocycles. The first-order valence-electron chi connectivity index (χ1n) is 6.15. The van der Waals surface area contributed by atoms with Gasteiger partial charge in [0.25, 0.3) is 0 Å². The summed E-state index contributed by atoms with van der Waals surface area (Å²) in [5.74, 6) is 0. The molecule has 6 heteroatoms. The van der Waals surface area contributed by atoms with E-state index in [0.717, 1.165) is 5.69 Å². The van der Waals surface area contributed by atoms with E-state index in [0.29, 0.717) is 29.5 Å². The monoisotopic (exact) mass is 328 g/mol. The zero-order valence-corrected chi connectivity index (χ0v) is 12.8. The molecule has 0 atom stereocenters. The summed E-state index contributed by atoms with van der Waals surface area (Å²) in [4.78, 5) is 28.7. The number of hydrogen-bond donors (Lipinski definition) is 1. The minimum atomic E-state index is -0.527. The highest BCUT2D eigenvalue weighted by molar-refractivity contribution is 9.10. The Bertz CT molecular complexity index is 560. The molecule has 1 aromatic rings. The molecule has 104 valence electrons. The van der Waals surface area contributed by atoms with Crippen molar-refractivity contribution in [3.63, 3.8) is 0 Å².